The molecular formula is C11H9Cl2NO3. The maximum Gasteiger partial charge on any atom is 0.305 e. The predicted molar refractivity (Wildman–Crippen MR) is 64.3 cm³/mol. The van der Waals surface area contributed by atoms with Crippen LogP contribution in [0, 0.1) is 0 Å². The molecule has 0 N–H and O–H groups in total. The highest BCUT2D eigenvalue weighted by Gasteiger charge is 2.35. The number of alkyl halides is 1. The highest BCUT2D eigenvalue weighted by atomic mass is 35.5. The molecular weight excluding hydrogens is 265 g/mol. The second-order valence-corrected chi connectivity index (χ2v) is 4.38. The van der Waals surface area contributed by atoms with Gasteiger partial charge in [0.05, 0.1) is 0 Å². The topological polar surface area (TPSA) is 47.9 Å². The largest absolute Gasteiger partial charge is 0.421 e. The number of carbonyl (C=O) groups is 1. The molecule has 1 aromatic carbocycles. The SMILES string of the molecule is CC(=O)OC1ON=C(c2cccc(Cl)c2)C1Cl. The fraction of sp³-hybridized carbons (Fsp3) is 0.273. The smallest absolute Gasteiger partial charge is 0.305 e. The van der Waals surface area contributed by atoms with Crippen molar-refractivity contribution in [2.45, 2.75) is 18.6 Å². The maximum absolute atomic E-state index is 10.8. The summed E-state index contributed by atoms with van der Waals surface area (Å²) < 4.78 is 4.86. The Kier molecular flexibility index (Phi) is 3.54. The summed E-state index contributed by atoms with van der Waals surface area (Å²) in [7, 11) is 0. The van der Waals surface area contributed by atoms with Crippen LogP contribution < -0.4 is 0 Å². The fourth-order valence-electron chi connectivity index (χ4n) is 1.45. The zero-order valence-corrected chi connectivity index (χ0v) is 10.4. The molecule has 0 aromatic heterocycles. The lowest BCUT2D eigenvalue weighted by molar-refractivity contribution is -0.169. The molecule has 1 heterocycles. The molecule has 0 saturated heterocycles. The van der Waals surface area contributed by atoms with Gasteiger partial charge in [0.2, 0.25) is 0 Å². The molecule has 0 amide bonds. The van der Waals surface area contributed by atoms with Crippen LogP contribution in [-0.4, -0.2) is 23.3 Å². The van der Waals surface area contributed by atoms with Gasteiger partial charge in [-0.1, -0.05) is 28.9 Å². The Morgan fingerprint density at radius 2 is 2.29 bits per heavy atom. The van der Waals surface area contributed by atoms with Gasteiger partial charge < -0.3 is 9.57 Å². The van der Waals surface area contributed by atoms with E-state index in [2.05, 4.69) is 5.16 Å². The third-order valence-corrected chi connectivity index (χ3v) is 2.81. The van der Waals surface area contributed by atoms with Crippen LogP contribution in [0.1, 0.15) is 12.5 Å². The Labute approximate surface area is 108 Å². The maximum atomic E-state index is 10.8. The summed E-state index contributed by atoms with van der Waals surface area (Å²) in [5, 5.41) is 3.74. The van der Waals surface area contributed by atoms with E-state index in [0.29, 0.717) is 10.7 Å². The van der Waals surface area contributed by atoms with Crippen LogP contribution in [0.5, 0.6) is 0 Å². The first-order chi connectivity index (χ1) is 8.08. The van der Waals surface area contributed by atoms with E-state index in [0.717, 1.165) is 5.56 Å². The van der Waals surface area contributed by atoms with Gasteiger partial charge in [-0.25, -0.2) is 0 Å². The van der Waals surface area contributed by atoms with Crippen molar-refractivity contribution in [3.05, 3.63) is 34.9 Å². The Morgan fingerprint density at radius 3 is 2.94 bits per heavy atom. The van der Waals surface area contributed by atoms with Gasteiger partial charge in [0.1, 0.15) is 5.71 Å². The average molecular weight is 274 g/mol. The molecule has 0 spiro atoms. The zero-order valence-electron chi connectivity index (χ0n) is 8.89. The van der Waals surface area contributed by atoms with Crippen LogP contribution in [0.4, 0.5) is 0 Å². The molecule has 6 heteroatoms. The van der Waals surface area contributed by atoms with E-state index in [1.165, 1.54) is 6.92 Å². The average Bonchev–Trinajstić information content (AvgIpc) is 2.60. The van der Waals surface area contributed by atoms with E-state index >= 15 is 0 Å². The number of carbonyl (C=O) groups excluding carboxylic acids is 1. The first-order valence-corrected chi connectivity index (χ1v) is 5.70. The Hall–Kier alpha value is -1.26. The van der Waals surface area contributed by atoms with Crippen molar-refractivity contribution in [2.24, 2.45) is 5.16 Å². The highest BCUT2D eigenvalue weighted by molar-refractivity contribution is 6.36. The molecule has 0 aliphatic carbocycles. The minimum atomic E-state index is -0.886. The van der Waals surface area contributed by atoms with Gasteiger partial charge in [0.15, 0.2) is 5.38 Å². The number of hydrogen-bond acceptors (Lipinski definition) is 4. The minimum Gasteiger partial charge on any atom is -0.421 e. The molecule has 1 aliphatic rings. The molecule has 2 atom stereocenters. The molecule has 2 rings (SSSR count). The number of ether oxygens (including phenoxy) is 1. The third-order valence-electron chi connectivity index (χ3n) is 2.16. The van der Waals surface area contributed by atoms with E-state index in [9.17, 15) is 4.79 Å². The third kappa shape index (κ3) is 2.70. The summed E-state index contributed by atoms with van der Waals surface area (Å²) in [4.78, 5) is 15.8. The summed E-state index contributed by atoms with van der Waals surface area (Å²) in [5.74, 6) is -0.469. The number of hydrogen-bond donors (Lipinski definition) is 0. The van der Waals surface area contributed by atoms with Crippen molar-refractivity contribution in [1.82, 2.24) is 0 Å². The first kappa shape index (κ1) is 12.2. The monoisotopic (exact) mass is 273 g/mol. The van der Waals surface area contributed by atoms with Crippen LogP contribution in [-0.2, 0) is 14.4 Å². The van der Waals surface area contributed by atoms with Crippen molar-refractivity contribution in [2.75, 3.05) is 0 Å². The summed E-state index contributed by atoms with van der Waals surface area (Å²) in [5.41, 5.74) is 1.24. The van der Waals surface area contributed by atoms with Gasteiger partial charge in [-0.15, -0.1) is 11.6 Å². The van der Waals surface area contributed by atoms with Crippen molar-refractivity contribution in [3.8, 4) is 0 Å². The van der Waals surface area contributed by atoms with Gasteiger partial charge in [-0.05, 0) is 12.1 Å². The number of benzene rings is 1. The molecule has 1 aromatic rings. The van der Waals surface area contributed by atoms with Crippen molar-refractivity contribution in [1.29, 1.82) is 0 Å². The second kappa shape index (κ2) is 4.94. The summed E-state index contributed by atoms with van der Waals surface area (Å²) in [6.07, 6.45) is -0.886. The summed E-state index contributed by atoms with van der Waals surface area (Å²) in [6, 6.07) is 7.05. The van der Waals surface area contributed by atoms with Gasteiger partial charge in [0.25, 0.3) is 6.29 Å². The second-order valence-electron chi connectivity index (χ2n) is 3.47. The lowest BCUT2D eigenvalue weighted by atomic mass is 10.1. The lowest BCUT2D eigenvalue weighted by Gasteiger charge is -2.12. The van der Waals surface area contributed by atoms with Crippen LogP contribution in [0.15, 0.2) is 29.4 Å². The molecule has 0 bridgehead atoms. The molecule has 17 heavy (non-hydrogen) atoms. The molecule has 4 nitrogen and oxygen atoms in total. The fourth-order valence-corrected chi connectivity index (χ4v) is 1.90. The highest BCUT2D eigenvalue weighted by Crippen LogP contribution is 2.24. The quantitative estimate of drug-likeness (QED) is 0.615. The minimum absolute atomic E-state index is 0.469. The molecule has 1 aliphatic heterocycles. The first-order valence-electron chi connectivity index (χ1n) is 4.89. The summed E-state index contributed by atoms with van der Waals surface area (Å²) in [6.45, 7) is 1.28. The number of rotatable bonds is 2. The standard InChI is InChI=1S/C11H9Cl2NO3/c1-6(15)16-11-9(13)10(14-17-11)7-3-2-4-8(12)5-7/h2-5,9,11H,1H3. The molecule has 2 unspecified atom stereocenters. The number of nitrogens with zero attached hydrogens (tertiary/aromatic N) is 1. The number of esters is 1. The molecule has 0 fully saturated rings. The zero-order chi connectivity index (χ0) is 12.4. The summed E-state index contributed by atoms with van der Waals surface area (Å²) >= 11 is 12.0. The van der Waals surface area contributed by atoms with E-state index in [-0.39, 0.29) is 0 Å². The van der Waals surface area contributed by atoms with Gasteiger partial charge in [-0.2, -0.15) is 0 Å². The van der Waals surface area contributed by atoms with E-state index in [1.807, 2.05) is 0 Å². The van der Waals surface area contributed by atoms with Crippen LogP contribution in [0.25, 0.3) is 0 Å². The lowest BCUT2D eigenvalue weighted by Crippen LogP contribution is -2.28. The van der Waals surface area contributed by atoms with Crippen molar-refractivity contribution < 1.29 is 14.4 Å². The van der Waals surface area contributed by atoms with E-state index in [1.54, 1.807) is 24.3 Å². The molecule has 0 radical (unpaired) electrons. The predicted octanol–water partition coefficient (Wildman–Crippen LogP) is 2.57. The van der Waals surface area contributed by atoms with E-state index < -0.39 is 17.6 Å². The van der Waals surface area contributed by atoms with Gasteiger partial charge >= 0.3 is 5.97 Å². The number of halogens is 2. The normalized spacial score (nSPS) is 22.9. The van der Waals surface area contributed by atoms with Crippen LogP contribution in [0.3, 0.4) is 0 Å². The van der Waals surface area contributed by atoms with Gasteiger partial charge in [0, 0.05) is 17.5 Å². The Balaban J connectivity index is 2.17. The molecule has 90 valence electrons. The Morgan fingerprint density at radius 1 is 1.53 bits per heavy atom. The van der Waals surface area contributed by atoms with Crippen LogP contribution in [0.2, 0.25) is 5.02 Å². The van der Waals surface area contributed by atoms with Gasteiger partial charge in [-0.3, -0.25) is 4.79 Å². The van der Waals surface area contributed by atoms with Crippen LogP contribution >= 0.6 is 23.2 Å². The number of oxime groups is 1. The van der Waals surface area contributed by atoms with E-state index in [4.69, 9.17) is 32.8 Å². The Bertz CT molecular complexity index is 476. The van der Waals surface area contributed by atoms with Crippen molar-refractivity contribution >= 4 is 34.9 Å². The molecule has 0 saturated carbocycles. The van der Waals surface area contributed by atoms with Crippen molar-refractivity contribution in [3.63, 3.8) is 0 Å².